The van der Waals surface area contributed by atoms with Crippen LogP contribution in [0, 0.1) is 6.92 Å². The fraction of sp³-hybridized carbons (Fsp3) is 0.182. The van der Waals surface area contributed by atoms with E-state index in [0.29, 0.717) is 5.39 Å². The number of phenols is 2. The van der Waals surface area contributed by atoms with Gasteiger partial charge in [0.1, 0.15) is 7.05 Å². The molecule has 0 fully saturated rings. The maximum absolute atomic E-state index is 9.64. The zero-order valence-electron chi connectivity index (χ0n) is 8.15. The number of aromatic hydroxyl groups is 2. The third-order valence-corrected chi connectivity index (χ3v) is 2.32. The van der Waals surface area contributed by atoms with Gasteiger partial charge in [0.25, 0.3) is 0 Å². The lowest BCUT2D eigenvalue weighted by molar-refractivity contribution is -0.645. The molecule has 0 spiro atoms. The van der Waals surface area contributed by atoms with Gasteiger partial charge in [-0.15, -0.1) is 0 Å². The molecule has 0 bridgehead atoms. The number of pyridine rings is 1. The van der Waals surface area contributed by atoms with Gasteiger partial charge in [-0.25, -0.2) is 4.57 Å². The smallest absolute Gasteiger partial charge is 0.216 e. The van der Waals surface area contributed by atoms with E-state index in [9.17, 15) is 10.2 Å². The van der Waals surface area contributed by atoms with Crippen molar-refractivity contribution in [2.75, 3.05) is 0 Å². The molecule has 0 aliphatic carbocycles. The zero-order valence-corrected chi connectivity index (χ0v) is 8.15. The minimum absolute atomic E-state index is 0.0539. The van der Waals surface area contributed by atoms with Crippen LogP contribution in [0.15, 0.2) is 24.4 Å². The summed E-state index contributed by atoms with van der Waals surface area (Å²) in [6.07, 6.45) is 1.97. The Kier molecular flexibility index (Phi) is 1.81. The third kappa shape index (κ3) is 1.18. The number of aryl methyl sites for hydroxylation is 2. The van der Waals surface area contributed by atoms with Crippen LogP contribution < -0.4 is 4.57 Å². The largest absolute Gasteiger partial charge is 0.504 e. The molecule has 3 nitrogen and oxygen atoms in total. The number of rotatable bonds is 0. The summed E-state index contributed by atoms with van der Waals surface area (Å²) < 4.78 is 1.92. The number of hydrogen-bond donors (Lipinski definition) is 2. The van der Waals surface area contributed by atoms with E-state index < -0.39 is 0 Å². The summed E-state index contributed by atoms with van der Waals surface area (Å²) in [7, 11) is 1.91. The lowest BCUT2D eigenvalue weighted by Gasteiger charge is -2.02. The minimum Gasteiger partial charge on any atom is -0.504 e. The Hall–Kier alpha value is -1.77. The predicted octanol–water partition coefficient (Wildman–Crippen LogP) is 1.38. The SMILES string of the molecule is Cc1cc2c(O)c(O)ccc2[n+](C)c1. The molecule has 0 aliphatic rings. The lowest BCUT2D eigenvalue weighted by atomic mass is 10.1. The zero-order chi connectivity index (χ0) is 10.3. The second-order valence-corrected chi connectivity index (χ2v) is 3.49. The first kappa shape index (κ1) is 8.81. The van der Waals surface area contributed by atoms with Crippen LogP contribution in [-0.2, 0) is 7.05 Å². The lowest BCUT2D eigenvalue weighted by Crippen LogP contribution is -2.28. The van der Waals surface area contributed by atoms with E-state index in [-0.39, 0.29) is 11.5 Å². The van der Waals surface area contributed by atoms with Gasteiger partial charge in [-0.05, 0) is 19.1 Å². The second-order valence-electron chi connectivity index (χ2n) is 3.49. The average molecular weight is 190 g/mol. The fourth-order valence-corrected chi connectivity index (χ4v) is 1.68. The monoisotopic (exact) mass is 190 g/mol. The molecular formula is C11H12NO2+. The molecule has 1 aromatic carbocycles. The van der Waals surface area contributed by atoms with Crippen LogP contribution in [-0.4, -0.2) is 10.2 Å². The van der Waals surface area contributed by atoms with Crippen LogP contribution >= 0.6 is 0 Å². The maximum Gasteiger partial charge on any atom is 0.216 e. The first-order valence-electron chi connectivity index (χ1n) is 4.40. The molecule has 2 rings (SSSR count). The molecule has 0 saturated carbocycles. The Morgan fingerprint density at radius 1 is 1.21 bits per heavy atom. The number of hydrogen-bond acceptors (Lipinski definition) is 2. The van der Waals surface area contributed by atoms with Gasteiger partial charge in [-0.2, -0.15) is 0 Å². The van der Waals surface area contributed by atoms with Crippen LogP contribution in [0.25, 0.3) is 10.9 Å². The number of benzene rings is 1. The first-order valence-corrected chi connectivity index (χ1v) is 4.40. The highest BCUT2D eigenvalue weighted by atomic mass is 16.3. The molecule has 2 N–H and O–H groups in total. The molecular weight excluding hydrogens is 178 g/mol. The van der Waals surface area contributed by atoms with Crippen LogP contribution in [0.5, 0.6) is 11.5 Å². The fourth-order valence-electron chi connectivity index (χ4n) is 1.68. The Morgan fingerprint density at radius 2 is 1.93 bits per heavy atom. The predicted molar refractivity (Wildman–Crippen MR) is 53.2 cm³/mol. The van der Waals surface area contributed by atoms with Crippen molar-refractivity contribution in [3.8, 4) is 11.5 Å². The molecule has 1 aromatic heterocycles. The van der Waals surface area contributed by atoms with Gasteiger partial charge in [0.2, 0.25) is 5.52 Å². The molecule has 0 amide bonds. The van der Waals surface area contributed by atoms with Gasteiger partial charge in [0.15, 0.2) is 17.7 Å². The minimum atomic E-state index is -0.0805. The Balaban J connectivity index is 2.95. The van der Waals surface area contributed by atoms with Gasteiger partial charge in [-0.3, -0.25) is 0 Å². The summed E-state index contributed by atoms with van der Waals surface area (Å²) >= 11 is 0. The third-order valence-electron chi connectivity index (χ3n) is 2.32. The van der Waals surface area contributed by atoms with Crippen LogP contribution in [0.3, 0.4) is 0 Å². The molecule has 14 heavy (non-hydrogen) atoms. The highest BCUT2D eigenvalue weighted by molar-refractivity contribution is 5.85. The van der Waals surface area contributed by atoms with E-state index in [0.717, 1.165) is 11.1 Å². The number of phenolic OH excluding ortho intramolecular Hbond substituents is 2. The van der Waals surface area contributed by atoms with Crippen molar-refractivity contribution in [1.29, 1.82) is 0 Å². The molecule has 3 heteroatoms. The number of nitrogens with zero attached hydrogens (tertiary/aromatic N) is 1. The quantitative estimate of drug-likeness (QED) is 0.487. The topological polar surface area (TPSA) is 44.3 Å². The van der Waals surface area contributed by atoms with Gasteiger partial charge in [-0.1, -0.05) is 0 Å². The molecule has 0 atom stereocenters. The Labute approximate surface area is 81.9 Å². The van der Waals surface area contributed by atoms with Crippen LogP contribution in [0.2, 0.25) is 0 Å². The average Bonchev–Trinajstić information content (AvgIpc) is 2.12. The Morgan fingerprint density at radius 3 is 2.64 bits per heavy atom. The second kappa shape index (κ2) is 2.87. The van der Waals surface area contributed by atoms with Crippen LogP contribution in [0.4, 0.5) is 0 Å². The van der Waals surface area contributed by atoms with Gasteiger partial charge in [0, 0.05) is 11.6 Å². The van der Waals surface area contributed by atoms with Crippen molar-refractivity contribution >= 4 is 10.9 Å². The van der Waals surface area contributed by atoms with Crippen molar-refractivity contribution in [1.82, 2.24) is 0 Å². The number of aromatic nitrogens is 1. The molecule has 2 aromatic rings. The molecule has 1 heterocycles. The highest BCUT2D eigenvalue weighted by Crippen LogP contribution is 2.31. The molecule has 0 radical (unpaired) electrons. The van der Waals surface area contributed by atoms with Crippen molar-refractivity contribution < 1.29 is 14.8 Å². The van der Waals surface area contributed by atoms with Gasteiger partial charge in [0.05, 0.1) is 5.39 Å². The summed E-state index contributed by atoms with van der Waals surface area (Å²) in [5, 5.41) is 19.7. The van der Waals surface area contributed by atoms with Crippen molar-refractivity contribution in [3.63, 3.8) is 0 Å². The maximum atomic E-state index is 9.64. The summed E-state index contributed by atoms with van der Waals surface area (Å²) in [4.78, 5) is 0. The standard InChI is InChI=1S/C11H11NO2/c1-7-5-8-9(12(2)6-7)3-4-10(13)11(8)14/h3-6,13H,1-2H3/p+1. The van der Waals surface area contributed by atoms with E-state index in [1.165, 1.54) is 6.07 Å². The first-order chi connectivity index (χ1) is 6.59. The molecule has 0 saturated heterocycles. The number of fused-ring (bicyclic) bond motifs is 1. The molecule has 0 aliphatic heterocycles. The van der Waals surface area contributed by atoms with E-state index >= 15 is 0 Å². The van der Waals surface area contributed by atoms with Crippen molar-refractivity contribution in [2.45, 2.75) is 6.92 Å². The van der Waals surface area contributed by atoms with E-state index in [4.69, 9.17) is 0 Å². The van der Waals surface area contributed by atoms with Crippen molar-refractivity contribution in [2.24, 2.45) is 7.05 Å². The van der Waals surface area contributed by atoms with Crippen LogP contribution in [0.1, 0.15) is 5.56 Å². The van der Waals surface area contributed by atoms with Gasteiger partial charge >= 0.3 is 0 Å². The molecule has 72 valence electrons. The summed E-state index contributed by atoms with van der Waals surface area (Å²) in [6, 6.07) is 5.13. The molecule has 0 unspecified atom stereocenters. The van der Waals surface area contributed by atoms with Crippen molar-refractivity contribution in [3.05, 3.63) is 30.0 Å². The van der Waals surface area contributed by atoms with Gasteiger partial charge < -0.3 is 10.2 Å². The summed E-state index contributed by atoms with van der Waals surface area (Å²) in [5.74, 6) is -0.134. The summed E-state index contributed by atoms with van der Waals surface area (Å²) in [6.45, 7) is 1.95. The Bertz CT molecular complexity index is 506. The normalized spacial score (nSPS) is 10.7. The summed E-state index contributed by atoms with van der Waals surface area (Å²) in [5.41, 5.74) is 1.94. The van der Waals surface area contributed by atoms with E-state index in [1.54, 1.807) is 6.07 Å². The van der Waals surface area contributed by atoms with E-state index in [1.807, 2.05) is 30.8 Å². The van der Waals surface area contributed by atoms with E-state index in [2.05, 4.69) is 0 Å². The highest BCUT2D eigenvalue weighted by Gasteiger charge is 2.12.